The molecule has 0 aliphatic carbocycles. The molecule has 2 heterocycles. The Balaban J connectivity index is 1.77. The summed E-state index contributed by atoms with van der Waals surface area (Å²) in [6.45, 7) is 4.27. The predicted molar refractivity (Wildman–Crippen MR) is 97.0 cm³/mol. The molecule has 0 radical (unpaired) electrons. The third-order valence-corrected chi connectivity index (χ3v) is 4.89. The van der Waals surface area contributed by atoms with E-state index in [1.165, 1.54) is 6.07 Å². The SMILES string of the molecule is CC(NC(=O)c1ccc(C#N)n1CC1CCCNC1)c1ccccc1F. The van der Waals surface area contributed by atoms with Crippen LogP contribution in [0.5, 0.6) is 0 Å². The average molecular weight is 354 g/mol. The molecule has 0 saturated carbocycles. The van der Waals surface area contributed by atoms with Crippen molar-refractivity contribution in [2.24, 2.45) is 5.92 Å². The smallest absolute Gasteiger partial charge is 0.268 e. The van der Waals surface area contributed by atoms with Crippen LogP contribution in [0.4, 0.5) is 4.39 Å². The lowest BCUT2D eigenvalue weighted by molar-refractivity contribution is 0.0928. The summed E-state index contributed by atoms with van der Waals surface area (Å²) in [4.78, 5) is 12.8. The van der Waals surface area contributed by atoms with Gasteiger partial charge < -0.3 is 15.2 Å². The van der Waals surface area contributed by atoms with Crippen molar-refractivity contribution in [2.45, 2.75) is 32.4 Å². The van der Waals surface area contributed by atoms with Crippen molar-refractivity contribution in [1.82, 2.24) is 15.2 Å². The molecule has 1 saturated heterocycles. The molecular formula is C20H23FN4O. The summed E-state index contributed by atoms with van der Waals surface area (Å²) in [5.41, 5.74) is 1.35. The molecule has 3 rings (SSSR count). The highest BCUT2D eigenvalue weighted by molar-refractivity contribution is 5.93. The van der Waals surface area contributed by atoms with Crippen molar-refractivity contribution < 1.29 is 9.18 Å². The molecule has 6 heteroatoms. The van der Waals surface area contributed by atoms with Gasteiger partial charge >= 0.3 is 0 Å². The highest BCUT2D eigenvalue weighted by Crippen LogP contribution is 2.20. The number of rotatable bonds is 5. The topological polar surface area (TPSA) is 69.8 Å². The van der Waals surface area contributed by atoms with Crippen LogP contribution in [-0.4, -0.2) is 23.6 Å². The molecule has 1 amide bonds. The van der Waals surface area contributed by atoms with Crippen LogP contribution < -0.4 is 10.6 Å². The van der Waals surface area contributed by atoms with Gasteiger partial charge in [0.1, 0.15) is 23.3 Å². The molecule has 2 aromatic rings. The molecule has 1 aliphatic rings. The molecule has 1 aromatic carbocycles. The Morgan fingerprint density at radius 2 is 2.23 bits per heavy atom. The predicted octanol–water partition coefficient (Wildman–Crippen LogP) is 2.99. The van der Waals surface area contributed by atoms with Crippen LogP contribution in [0.1, 0.15) is 47.6 Å². The van der Waals surface area contributed by atoms with E-state index in [9.17, 15) is 14.4 Å². The van der Waals surface area contributed by atoms with E-state index in [0.29, 0.717) is 29.4 Å². The maximum atomic E-state index is 13.9. The standard InChI is InChI=1S/C20H23FN4O/c1-14(17-6-2-3-7-18(17)21)24-20(26)19-9-8-16(11-22)25(19)13-15-5-4-10-23-12-15/h2-3,6-9,14-15,23H,4-5,10,12-13H2,1H3,(H,24,26). The van der Waals surface area contributed by atoms with Crippen LogP contribution >= 0.6 is 0 Å². The Hall–Kier alpha value is -2.65. The Labute approximate surface area is 152 Å². The molecule has 1 fully saturated rings. The number of carbonyl (C=O) groups is 1. The second-order valence-corrected chi connectivity index (χ2v) is 6.76. The first-order valence-electron chi connectivity index (χ1n) is 8.95. The van der Waals surface area contributed by atoms with Crippen LogP contribution in [0.3, 0.4) is 0 Å². The zero-order chi connectivity index (χ0) is 18.5. The number of piperidine rings is 1. The number of nitrogens with one attached hydrogen (secondary N) is 2. The number of carbonyl (C=O) groups excluding carboxylic acids is 1. The van der Waals surface area contributed by atoms with E-state index in [4.69, 9.17) is 0 Å². The summed E-state index contributed by atoms with van der Waals surface area (Å²) in [6.07, 6.45) is 2.17. The Morgan fingerprint density at radius 3 is 2.92 bits per heavy atom. The Morgan fingerprint density at radius 1 is 1.42 bits per heavy atom. The van der Waals surface area contributed by atoms with Gasteiger partial charge in [-0.15, -0.1) is 0 Å². The molecule has 0 spiro atoms. The average Bonchev–Trinajstić information content (AvgIpc) is 3.05. The van der Waals surface area contributed by atoms with Gasteiger partial charge in [0, 0.05) is 12.1 Å². The first-order chi connectivity index (χ1) is 12.6. The molecule has 0 bridgehead atoms. The fourth-order valence-electron chi connectivity index (χ4n) is 3.47. The minimum absolute atomic E-state index is 0.300. The van der Waals surface area contributed by atoms with Gasteiger partial charge in [-0.25, -0.2) is 4.39 Å². The van der Waals surface area contributed by atoms with Gasteiger partial charge in [0.25, 0.3) is 5.91 Å². The minimum Gasteiger partial charge on any atom is -0.344 e. The van der Waals surface area contributed by atoms with Crippen molar-refractivity contribution >= 4 is 5.91 Å². The van der Waals surface area contributed by atoms with Gasteiger partial charge in [-0.3, -0.25) is 4.79 Å². The van der Waals surface area contributed by atoms with Gasteiger partial charge in [0.2, 0.25) is 0 Å². The number of hydrogen-bond acceptors (Lipinski definition) is 3. The van der Waals surface area contributed by atoms with Gasteiger partial charge in [-0.1, -0.05) is 18.2 Å². The minimum atomic E-state index is -0.464. The van der Waals surface area contributed by atoms with Crippen molar-refractivity contribution in [1.29, 1.82) is 5.26 Å². The van der Waals surface area contributed by atoms with E-state index >= 15 is 0 Å². The van der Waals surface area contributed by atoms with Crippen LogP contribution in [-0.2, 0) is 6.54 Å². The lowest BCUT2D eigenvalue weighted by Gasteiger charge is -2.24. The van der Waals surface area contributed by atoms with Crippen molar-refractivity contribution in [3.63, 3.8) is 0 Å². The maximum absolute atomic E-state index is 13.9. The molecular weight excluding hydrogens is 331 g/mol. The number of hydrogen-bond donors (Lipinski definition) is 2. The molecule has 2 N–H and O–H groups in total. The number of aromatic nitrogens is 1. The quantitative estimate of drug-likeness (QED) is 0.867. The highest BCUT2D eigenvalue weighted by atomic mass is 19.1. The first-order valence-corrected chi connectivity index (χ1v) is 8.95. The van der Waals surface area contributed by atoms with Crippen molar-refractivity contribution in [2.75, 3.05) is 13.1 Å². The molecule has 2 unspecified atom stereocenters. The number of benzene rings is 1. The molecule has 136 valence electrons. The maximum Gasteiger partial charge on any atom is 0.268 e. The van der Waals surface area contributed by atoms with E-state index in [2.05, 4.69) is 16.7 Å². The molecule has 1 aliphatic heterocycles. The fourth-order valence-corrected chi connectivity index (χ4v) is 3.47. The number of halogens is 1. The third kappa shape index (κ3) is 3.94. The van der Waals surface area contributed by atoms with Gasteiger partial charge in [0.05, 0.1) is 6.04 Å². The van der Waals surface area contributed by atoms with Crippen molar-refractivity contribution in [3.05, 3.63) is 59.2 Å². The second-order valence-electron chi connectivity index (χ2n) is 6.76. The van der Waals surface area contributed by atoms with Gasteiger partial charge in [-0.2, -0.15) is 5.26 Å². The second kappa shape index (κ2) is 8.15. The Bertz CT molecular complexity index is 817. The highest BCUT2D eigenvalue weighted by Gasteiger charge is 2.22. The molecule has 1 aromatic heterocycles. The summed E-state index contributed by atoms with van der Waals surface area (Å²) in [5.74, 6) is -0.258. The monoisotopic (exact) mass is 354 g/mol. The van der Waals surface area contributed by atoms with Gasteiger partial charge in [0.15, 0.2) is 0 Å². The van der Waals surface area contributed by atoms with E-state index in [1.807, 2.05) is 0 Å². The lowest BCUT2D eigenvalue weighted by atomic mass is 9.99. The molecule has 5 nitrogen and oxygen atoms in total. The lowest BCUT2D eigenvalue weighted by Crippen LogP contribution is -2.34. The summed E-state index contributed by atoms with van der Waals surface area (Å²) >= 11 is 0. The third-order valence-electron chi connectivity index (χ3n) is 4.89. The number of nitrogens with zero attached hydrogens (tertiary/aromatic N) is 2. The van der Waals surface area contributed by atoms with Crippen LogP contribution in [0.2, 0.25) is 0 Å². The van der Waals surface area contributed by atoms with E-state index in [-0.39, 0.29) is 11.7 Å². The largest absolute Gasteiger partial charge is 0.344 e. The van der Waals surface area contributed by atoms with E-state index < -0.39 is 6.04 Å². The van der Waals surface area contributed by atoms with Crippen LogP contribution in [0.15, 0.2) is 36.4 Å². The van der Waals surface area contributed by atoms with Gasteiger partial charge in [-0.05, 0) is 57.0 Å². The van der Waals surface area contributed by atoms with Crippen LogP contribution in [0, 0.1) is 23.1 Å². The van der Waals surface area contributed by atoms with Crippen molar-refractivity contribution in [3.8, 4) is 6.07 Å². The molecule has 2 atom stereocenters. The summed E-state index contributed by atoms with van der Waals surface area (Å²) in [7, 11) is 0. The zero-order valence-corrected chi connectivity index (χ0v) is 14.8. The number of nitriles is 1. The van der Waals surface area contributed by atoms with E-state index in [0.717, 1.165) is 25.9 Å². The fraction of sp³-hybridized carbons (Fsp3) is 0.400. The zero-order valence-electron chi connectivity index (χ0n) is 14.8. The summed E-state index contributed by atoms with van der Waals surface area (Å²) < 4.78 is 15.7. The summed E-state index contributed by atoms with van der Waals surface area (Å²) in [6, 6.07) is 11.4. The van der Waals surface area contributed by atoms with Crippen LogP contribution in [0.25, 0.3) is 0 Å². The van der Waals surface area contributed by atoms with E-state index in [1.54, 1.807) is 41.8 Å². The normalized spacial score (nSPS) is 18.1. The molecule has 26 heavy (non-hydrogen) atoms. The first kappa shape index (κ1) is 18.2. The summed E-state index contributed by atoms with van der Waals surface area (Å²) in [5, 5.41) is 15.6. The Kier molecular flexibility index (Phi) is 5.69. The number of amides is 1.